The van der Waals surface area contributed by atoms with Crippen molar-refractivity contribution in [3.63, 3.8) is 0 Å². The average Bonchev–Trinajstić information content (AvgIpc) is 2.33. The third-order valence-electron chi connectivity index (χ3n) is 5.44. The fraction of sp³-hybridized carbons (Fsp3) is 1.00. The molecule has 17 heavy (non-hydrogen) atoms. The zero-order valence-corrected chi connectivity index (χ0v) is 11.5. The molecule has 2 aliphatic rings. The van der Waals surface area contributed by atoms with Crippen molar-refractivity contribution in [3.05, 3.63) is 0 Å². The maximum absolute atomic E-state index is 5.89. The topological polar surface area (TPSA) is 38.0 Å². The first-order valence-electron chi connectivity index (χ1n) is 7.70. The summed E-state index contributed by atoms with van der Waals surface area (Å²) in [5.74, 6) is 1.64. The Labute approximate surface area is 107 Å². The molecule has 0 spiro atoms. The molecule has 3 N–H and O–H groups in total. The van der Waals surface area contributed by atoms with E-state index in [2.05, 4.69) is 12.2 Å². The second-order valence-electron chi connectivity index (χ2n) is 6.38. The van der Waals surface area contributed by atoms with Gasteiger partial charge in [-0.15, -0.1) is 0 Å². The predicted molar refractivity (Wildman–Crippen MR) is 73.9 cm³/mol. The fourth-order valence-corrected chi connectivity index (χ4v) is 3.72. The minimum absolute atomic E-state index is 0.660. The molecule has 0 saturated heterocycles. The summed E-state index contributed by atoms with van der Waals surface area (Å²) in [7, 11) is 0. The van der Waals surface area contributed by atoms with Crippen molar-refractivity contribution in [1.82, 2.24) is 5.32 Å². The molecule has 0 aromatic rings. The summed E-state index contributed by atoms with van der Waals surface area (Å²) in [4.78, 5) is 0. The Balaban J connectivity index is 1.69. The van der Waals surface area contributed by atoms with Crippen LogP contribution in [-0.2, 0) is 0 Å². The van der Waals surface area contributed by atoms with Crippen molar-refractivity contribution in [2.75, 3.05) is 19.6 Å². The van der Waals surface area contributed by atoms with E-state index >= 15 is 0 Å². The lowest BCUT2D eigenvalue weighted by Crippen LogP contribution is -2.42. The van der Waals surface area contributed by atoms with E-state index < -0.39 is 0 Å². The predicted octanol–water partition coefficient (Wildman–Crippen LogP) is 2.92. The van der Waals surface area contributed by atoms with Gasteiger partial charge in [-0.1, -0.05) is 26.2 Å². The van der Waals surface area contributed by atoms with Gasteiger partial charge in [0.15, 0.2) is 0 Å². The molecular weight excluding hydrogens is 208 g/mol. The zero-order valence-electron chi connectivity index (χ0n) is 11.5. The minimum Gasteiger partial charge on any atom is -0.330 e. The maximum atomic E-state index is 5.89. The van der Waals surface area contributed by atoms with Crippen molar-refractivity contribution in [3.8, 4) is 0 Å². The molecule has 2 rings (SSSR count). The molecule has 0 radical (unpaired) electrons. The number of nitrogens with one attached hydrogen (secondary N) is 1. The third kappa shape index (κ3) is 3.23. The second kappa shape index (κ2) is 6.19. The number of nitrogens with two attached hydrogens (primary N) is 1. The summed E-state index contributed by atoms with van der Waals surface area (Å²) in [5, 5.41) is 3.76. The van der Waals surface area contributed by atoms with Crippen molar-refractivity contribution < 1.29 is 0 Å². The van der Waals surface area contributed by atoms with E-state index in [1.807, 2.05) is 0 Å². The first-order valence-corrected chi connectivity index (χ1v) is 7.70. The maximum Gasteiger partial charge on any atom is 0.000782 e. The van der Waals surface area contributed by atoms with Crippen molar-refractivity contribution in [2.45, 2.75) is 58.3 Å². The molecule has 0 aromatic carbocycles. The SMILES string of the molecule is CCC1(CNCC2CCCCC2CN)CCC1. The van der Waals surface area contributed by atoms with Gasteiger partial charge >= 0.3 is 0 Å². The zero-order chi connectivity index (χ0) is 12.1. The van der Waals surface area contributed by atoms with Crippen molar-refractivity contribution in [2.24, 2.45) is 23.0 Å². The summed E-state index contributed by atoms with van der Waals surface area (Å²) < 4.78 is 0. The largest absolute Gasteiger partial charge is 0.330 e. The Bertz CT molecular complexity index is 217. The quantitative estimate of drug-likeness (QED) is 0.746. The molecule has 0 aromatic heterocycles. The number of rotatable bonds is 6. The van der Waals surface area contributed by atoms with Gasteiger partial charge in [0.05, 0.1) is 0 Å². The molecule has 2 heteroatoms. The average molecular weight is 238 g/mol. The van der Waals surface area contributed by atoms with Gasteiger partial charge < -0.3 is 11.1 Å². The molecule has 2 saturated carbocycles. The Kier molecular flexibility index (Phi) is 4.87. The van der Waals surface area contributed by atoms with Crippen LogP contribution in [0.15, 0.2) is 0 Å². The highest BCUT2D eigenvalue weighted by Gasteiger charge is 2.34. The van der Waals surface area contributed by atoms with E-state index in [1.165, 1.54) is 64.5 Å². The lowest BCUT2D eigenvalue weighted by molar-refractivity contribution is 0.117. The molecular formula is C15H30N2. The van der Waals surface area contributed by atoms with Crippen LogP contribution >= 0.6 is 0 Å². The summed E-state index contributed by atoms with van der Waals surface area (Å²) >= 11 is 0. The molecule has 2 fully saturated rings. The van der Waals surface area contributed by atoms with Gasteiger partial charge in [0.1, 0.15) is 0 Å². The molecule has 0 bridgehead atoms. The Morgan fingerprint density at radius 2 is 1.82 bits per heavy atom. The number of hydrogen-bond acceptors (Lipinski definition) is 2. The summed E-state index contributed by atoms with van der Waals surface area (Å²) in [6, 6.07) is 0. The van der Waals surface area contributed by atoms with Crippen LogP contribution in [-0.4, -0.2) is 19.6 Å². The van der Waals surface area contributed by atoms with Crippen LogP contribution in [0.4, 0.5) is 0 Å². The molecule has 2 nitrogen and oxygen atoms in total. The van der Waals surface area contributed by atoms with Crippen molar-refractivity contribution in [1.29, 1.82) is 0 Å². The second-order valence-corrected chi connectivity index (χ2v) is 6.38. The smallest absolute Gasteiger partial charge is 0.000782 e. The normalized spacial score (nSPS) is 32.1. The van der Waals surface area contributed by atoms with Crippen LogP contribution in [0.5, 0.6) is 0 Å². The number of hydrogen-bond donors (Lipinski definition) is 2. The van der Waals surface area contributed by atoms with Crippen LogP contribution in [0.2, 0.25) is 0 Å². The van der Waals surface area contributed by atoms with Crippen LogP contribution in [0.1, 0.15) is 58.3 Å². The van der Waals surface area contributed by atoms with Crippen LogP contribution in [0.25, 0.3) is 0 Å². The molecule has 2 unspecified atom stereocenters. The van der Waals surface area contributed by atoms with E-state index in [0.717, 1.165) is 18.4 Å². The van der Waals surface area contributed by atoms with Gasteiger partial charge in [0.2, 0.25) is 0 Å². The summed E-state index contributed by atoms with van der Waals surface area (Å²) in [6.07, 6.45) is 11.3. The van der Waals surface area contributed by atoms with E-state index in [4.69, 9.17) is 5.73 Å². The Morgan fingerprint density at radius 3 is 2.35 bits per heavy atom. The van der Waals surface area contributed by atoms with Crippen LogP contribution in [0, 0.1) is 17.3 Å². The first-order chi connectivity index (χ1) is 8.29. The van der Waals surface area contributed by atoms with Gasteiger partial charge in [0, 0.05) is 6.54 Å². The van der Waals surface area contributed by atoms with E-state index in [-0.39, 0.29) is 0 Å². The van der Waals surface area contributed by atoms with Crippen molar-refractivity contribution >= 4 is 0 Å². The van der Waals surface area contributed by atoms with Gasteiger partial charge in [-0.2, -0.15) is 0 Å². The highest BCUT2D eigenvalue weighted by atomic mass is 14.9. The molecule has 0 amide bonds. The lowest BCUT2D eigenvalue weighted by Gasteiger charge is -2.42. The summed E-state index contributed by atoms with van der Waals surface area (Å²) in [5.41, 5.74) is 6.55. The highest BCUT2D eigenvalue weighted by Crippen LogP contribution is 2.43. The molecule has 0 aliphatic heterocycles. The van der Waals surface area contributed by atoms with E-state index in [0.29, 0.717) is 5.41 Å². The van der Waals surface area contributed by atoms with E-state index in [9.17, 15) is 0 Å². The fourth-order valence-electron chi connectivity index (χ4n) is 3.72. The standard InChI is InChI=1S/C15H30N2/c1-2-15(8-5-9-15)12-17-11-14-7-4-3-6-13(14)10-16/h13-14,17H,2-12,16H2,1H3. The van der Waals surface area contributed by atoms with Crippen LogP contribution < -0.4 is 11.1 Å². The Morgan fingerprint density at radius 1 is 1.12 bits per heavy atom. The molecule has 100 valence electrons. The minimum atomic E-state index is 0.660. The van der Waals surface area contributed by atoms with Gasteiger partial charge in [-0.25, -0.2) is 0 Å². The molecule has 2 aliphatic carbocycles. The van der Waals surface area contributed by atoms with Gasteiger partial charge in [-0.05, 0) is 62.4 Å². The lowest BCUT2D eigenvalue weighted by atomic mass is 9.67. The monoisotopic (exact) mass is 238 g/mol. The van der Waals surface area contributed by atoms with Gasteiger partial charge in [-0.3, -0.25) is 0 Å². The Hall–Kier alpha value is -0.0800. The van der Waals surface area contributed by atoms with Crippen LogP contribution in [0.3, 0.4) is 0 Å². The molecule has 2 atom stereocenters. The van der Waals surface area contributed by atoms with E-state index in [1.54, 1.807) is 0 Å². The molecule has 0 heterocycles. The third-order valence-corrected chi connectivity index (χ3v) is 5.44. The first kappa shape index (κ1) is 13.4. The summed E-state index contributed by atoms with van der Waals surface area (Å²) in [6.45, 7) is 5.70. The highest BCUT2D eigenvalue weighted by molar-refractivity contribution is 4.89. The van der Waals surface area contributed by atoms with Gasteiger partial charge in [0.25, 0.3) is 0 Å².